The molecule has 19 heavy (non-hydrogen) atoms. The van der Waals surface area contributed by atoms with Gasteiger partial charge in [0.2, 0.25) is 5.91 Å². The summed E-state index contributed by atoms with van der Waals surface area (Å²) in [7, 11) is 0. The molecule has 5 heteroatoms. The molecular formula is C14H22BrClN2O. The van der Waals surface area contributed by atoms with Crippen molar-refractivity contribution in [1.29, 1.82) is 0 Å². The summed E-state index contributed by atoms with van der Waals surface area (Å²) in [5, 5.41) is 2.95. The quantitative estimate of drug-likeness (QED) is 0.855. The Kier molecular flexibility index (Phi) is 8.30. The molecule has 0 aliphatic rings. The van der Waals surface area contributed by atoms with Crippen molar-refractivity contribution in [2.75, 3.05) is 0 Å². The number of amides is 1. The molecule has 0 aromatic heterocycles. The highest BCUT2D eigenvalue weighted by atomic mass is 79.9. The van der Waals surface area contributed by atoms with Crippen molar-refractivity contribution >= 4 is 34.2 Å². The fourth-order valence-electron chi connectivity index (χ4n) is 1.66. The van der Waals surface area contributed by atoms with E-state index in [0.29, 0.717) is 0 Å². The third kappa shape index (κ3) is 5.51. The van der Waals surface area contributed by atoms with Crippen molar-refractivity contribution in [2.24, 2.45) is 11.7 Å². The SMILES string of the molecule is CCC(C)C(N)C(=O)NC(C)c1ccc(Br)cc1.Cl. The van der Waals surface area contributed by atoms with Crippen LogP contribution in [0.15, 0.2) is 28.7 Å². The van der Waals surface area contributed by atoms with Crippen molar-refractivity contribution in [1.82, 2.24) is 5.32 Å². The topological polar surface area (TPSA) is 55.1 Å². The van der Waals surface area contributed by atoms with Crippen LogP contribution in [0.1, 0.15) is 38.8 Å². The second-order valence-electron chi connectivity index (χ2n) is 4.69. The lowest BCUT2D eigenvalue weighted by Crippen LogP contribution is -2.45. The summed E-state index contributed by atoms with van der Waals surface area (Å²) >= 11 is 3.39. The fourth-order valence-corrected chi connectivity index (χ4v) is 1.92. The molecule has 1 aromatic carbocycles. The van der Waals surface area contributed by atoms with Gasteiger partial charge in [-0.2, -0.15) is 0 Å². The van der Waals surface area contributed by atoms with E-state index in [-0.39, 0.29) is 30.3 Å². The van der Waals surface area contributed by atoms with Crippen LogP contribution in [0.3, 0.4) is 0 Å². The van der Waals surface area contributed by atoms with Crippen molar-refractivity contribution in [2.45, 2.75) is 39.3 Å². The average Bonchev–Trinajstić information content (AvgIpc) is 2.37. The Morgan fingerprint density at radius 2 is 1.84 bits per heavy atom. The second-order valence-corrected chi connectivity index (χ2v) is 5.61. The van der Waals surface area contributed by atoms with E-state index in [2.05, 4.69) is 21.2 Å². The molecule has 108 valence electrons. The lowest BCUT2D eigenvalue weighted by Gasteiger charge is -2.21. The summed E-state index contributed by atoms with van der Waals surface area (Å²) in [5.41, 5.74) is 6.97. The van der Waals surface area contributed by atoms with E-state index < -0.39 is 6.04 Å². The highest BCUT2D eigenvalue weighted by Gasteiger charge is 2.21. The van der Waals surface area contributed by atoms with Crippen molar-refractivity contribution < 1.29 is 4.79 Å². The molecule has 0 saturated heterocycles. The van der Waals surface area contributed by atoms with E-state index in [1.807, 2.05) is 45.0 Å². The minimum absolute atomic E-state index is 0. The summed E-state index contributed by atoms with van der Waals surface area (Å²) in [6.45, 7) is 6.00. The van der Waals surface area contributed by atoms with Gasteiger partial charge in [0, 0.05) is 4.47 Å². The van der Waals surface area contributed by atoms with E-state index in [0.717, 1.165) is 16.5 Å². The number of hydrogen-bond donors (Lipinski definition) is 2. The lowest BCUT2D eigenvalue weighted by molar-refractivity contribution is -0.124. The van der Waals surface area contributed by atoms with Crippen LogP contribution in [0, 0.1) is 5.92 Å². The van der Waals surface area contributed by atoms with E-state index in [9.17, 15) is 4.79 Å². The zero-order chi connectivity index (χ0) is 13.7. The average molecular weight is 350 g/mol. The summed E-state index contributed by atoms with van der Waals surface area (Å²) in [6.07, 6.45) is 0.904. The van der Waals surface area contributed by atoms with Gasteiger partial charge in [-0.25, -0.2) is 0 Å². The number of carbonyl (C=O) groups excluding carboxylic acids is 1. The Bertz CT molecular complexity index is 397. The Morgan fingerprint density at radius 1 is 1.32 bits per heavy atom. The second kappa shape index (κ2) is 8.56. The number of halogens is 2. The van der Waals surface area contributed by atoms with Crippen molar-refractivity contribution in [3.8, 4) is 0 Å². The highest BCUT2D eigenvalue weighted by molar-refractivity contribution is 9.10. The minimum Gasteiger partial charge on any atom is -0.348 e. The van der Waals surface area contributed by atoms with Gasteiger partial charge in [0.1, 0.15) is 0 Å². The molecule has 3 N–H and O–H groups in total. The predicted molar refractivity (Wildman–Crippen MR) is 85.4 cm³/mol. The molecular weight excluding hydrogens is 328 g/mol. The maximum atomic E-state index is 11.9. The first-order chi connectivity index (χ1) is 8.45. The summed E-state index contributed by atoms with van der Waals surface area (Å²) in [5.74, 6) is 0.113. The van der Waals surface area contributed by atoms with Crippen LogP contribution < -0.4 is 11.1 Å². The molecule has 0 aliphatic carbocycles. The highest BCUT2D eigenvalue weighted by Crippen LogP contribution is 2.17. The smallest absolute Gasteiger partial charge is 0.237 e. The molecule has 0 radical (unpaired) electrons. The van der Waals surface area contributed by atoms with Crippen molar-refractivity contribution in [3.63, 3.8) is 0 Å². The van der Waals surface area contributed by atoms with E-state index >= 15 is 0 Å². The van der Waals surface area contributed by atoms with Gasteiger partial charge in [0.25, 0.3) is 0 Å². The molecule has 0 heterocycles. The Balaban J connectivity index is 0.00000324. The molecule has 0 saturated carbocycles. The molecule has 3 unspecified atom stereocenters. The predicted octanol–water partition coefficient (Wildman–Crippen LogP) is 3.42. The maximum Gasteiger partial charge on any atom is 0.237 e. The van der Waals surface area contributed by atoms with Crippen LogP contribution in [0.4, 0.5) is 0 Å². The normalized spacial score (nSPS) is 15.0. The first-order valence-corrected chi connectivity index (χ1v) is 7.06. The van der Waals surface area contributed by atoms with Gasteiger partial charge in [-0.1, -0.05) is 48.3 Å². The van der Waals surface area contributed by atoms with Gasteiger partial charge >= 0.3 is 0 Å². The number of nitrogens with one attached hydrogen (secondary N) is 1. The molecule has 1 amide bonds. The van der Waals surface area contributed by atoms with E-state index in [1.54, 1.807) is 0 Å². The van der Waals surface area contributed by atoms with Crippen LogP contribution in [0.25, 0.3) is 0 Å². The number of hydrogen-bond acceptors (Lipinski definition) is 2. The number of carbonyl (C=O) groups is 1. The third-order valence-corrected chi connectivity index (χ3v) is 3.82. The Hall–Kier alpha value is -0.580. The fraction of sp³-hybridized carbons (Fsp3) is 0.500. The maximum absolute atomic E-state index is 11.9. The van der Waals surface area contributed by atoms with Crippen molar-refractivity contribution in [3.05, 3.63) is 34.3 Å². The van der Waals surface area contributed by atoms with Gasteiger partial charge in [-0.15, -0.1) is 12.4 Å². The number of benzene rings is 1. The first kappa shape index (κ1) is 18.4. The summed E-state index contributed by atoms with van der Waals surface area (Å²) in [4.78, 5) is 11.9. The van der Waals surface area contributed by atoms with Gasteiger partial charge < -0.3 is 11.1 Å². The van der Waals surface area contributed by atoms with Gasteiger partial charge in [0.15, 0.2) is 0 Å². The summed E-state index contributed by atoms with van der Waals surface area (Å²) in [6, 6.07) is 7.45. The number of rotatable bonds is 5. The Morgan fingerprint density at radius 3 is 2.32 bits per heavy atom. The monoisotopic (exact) mass is 348 g/mol. The lowest BCUT2D eigenvalue weighted by atomic mass is 9.98. The first-order valence-electron chi connectivity index (χ1n) is 6.27. The summed E-state index contributed by atoms with van der Waals surface area (Å²) < 4.78 is 1.03. The molecule has 1 aromatic rings. The van der Waals surface area contributed by atoms with Crippen LogP contribution in [0.2, 0.25) is 0 Å². The van der Waals surface area contributed by atoms with Crippen LogP contribution in [0.5, 0.6) is 0 Å². The standard InChI is InChI=1S/C14H21BrN2O.ClH/c1-4-9(2)13(16)14(18)17-10(3)11-5-7-12(15)8-6-11;/h5-10,13H,4,16H2,1-3H3,(H,17,18);1H. The van der Waals surface area contributed by atoms with Gasteiger partial charge in [-0.3, -0.25) is 4.79 Å². The van der Waals surface area contributed by atoms with Gasteiger partial charge in [-0.05, 0) is 30.5 Å². The zero-order valence-electron chi connectivity index (χ0n) is 11.5. The molecule has 0 spiro atoms. The minimum atomic E-state index is -0.437. The molecule has 0 bridgehead atoms. The third-order valence-electron chi connectivity index (χ3n) is 3.29. The Labute approximate surface area is 129 Å². The zero-order valence-corrected chi connectivity index (χ0v) is 13.9. The van der Waals surface area contributed by atoms with Gasteiger partial charge in [0.05, 0.1) is 12.1 Å². The van der Waals surface area contributed by atoms with Crippen LogP contribution in [-0.2, 0) is 4.79 Å². The largest absolute Gasteiger partial charge is 0.348 e. The van der Waals surface area contributed by atoms with E-state index in [4.69, 9.17) is 5.73 Å². The van der Waals surface area contributed by atoms with Crippen LogP contribution >= 0.6 is 28.3 Å². The van der Waals surface area contributed by atoms with E-state index in [1.165, 1.54) is 0 Å². The van der Waals surface area contributed by atoms with Crippen LogP contribution in [-0.4, -0.2) is 11.9 Å². The number of nitrogens with two attached hydrogens (primary N) is 1. The molecule has 3 nitrogen and oxygen atoms in total. The molecule has 1 rings (SSSR count). The molecule has 0 fully saturated rings. The molecule has 0 aliphatic heterocycles. The molecule has 3 atom stereocenters.